The maximum absolute atomic E-state index is 12.0. The van der Waals surface area contributed by atoms with Gasteiger partial charge < -0.3 is 19.9 Å². The molecule has 0 radical (unpaired) electrons. The van der Waals surface area contributed by atoms with Crippen molar-refractivity contribution in [2.45, 2.75) is 20.8 Å². The Bertz CT molecular complexity index is 1070. The molecule has 1 saturated heterocycles. The summed E-state index contributed by atoms with van der Waals surface area (Å²) in [5.41, 5.74) is 4.20. The number of hydrogen-bond donors (Lipinski definition) is 1. The SMILES string of the molecule is CCOC(=O)N1CCN(c2nc(Nc3ccc(C)c(C)c3)c3cnn(C)c3n2)CC1. The van der Waals surface area contributed by atoms with Gasteiger partial charge in [-0.2, -0.15) is 15.1 Å². The molecule has 9 nitrogen and oxygen atoms in total. The third-order valence-electron chi connectivity index (χ3n) is 5.44. The first-order valence-electron chi connectivity index (χ1n) is 10.2. The lowest BCUT2D eigenvalue weighted by molar-refractivity contribution is 0.105. The van der Waals surface area contributed by atoms with Crippen molar-refractivity contribution in [1.82, 2.24) is 24.6 Å². The van der Waals surface area contributed by atoms with Crippen molar-refractivity contribution in [3.8, 4) is 0 Å². The van der Waals surface area contributed by atoms with Gasteiger partial charge in [0.05, 0.1) is 18.2 Å². The summed E-state index contributed by atoms with van der Waals surface area (Å²) in [6.07, 6.45) is 1.51. The fraction of sp³-hybridized carbons (Fsp3) is 0.429. The minimum absolute atomic E-state index is 0.266. The second-order valence-electron chi connectivity index (χ2n) is 7.47. The predicted octanol–water partition coefficient (Wildman–Crippen LogP) is 3.00. The molecular formula is C21H27N7O2. The highest BCUT2D eigenvalue weighted by atomic mass is 16.6. The number of ether oxygens (including phenoxy) is 1. The van der Waals surface area contributed by atoms with Crippen LogP contribution in [0.2, 0.25) is 0 Å². The molecule has 2 aromatic heterocycles. The van der Waals surface area contributed by atoms with Gasteiger partial charge in [-0.1, -0.05) is 6.07 Å². The fourth-order valence-corrected chi connectivity index (χ4v) is 3.51. The number of nitrogens with one attached hydrogen (secondary N) is 1. The molecule has 30 heavy (non-hydrogen) atoms. The van der Waals surface area contributed by atoms with Gasteiger partial charge in [0.2, 0.25) is 5.95 Å². The third kappa shape index (κ3) is 3.87. The predicted molar refractivity (Wildman–Crippen MR) is 116 cm³/mol. The number of piperazine rings is 1. The molecule has 1 N–H and O–H groups in total. The van der Waals surface area contributed by atoms with Crippen LogP contribution in [0.25, 0.3) is 11.0 Å². The first kappa shape index (κ1) is 19.9. The monoisotopic (exact) mass is 409 g/mol. The molecule has 1 amide bonds. The molecule has 1 fully saturated rings. The molecule has 0 atom stereocenters. The lowest BCUT2D eigenvalue weighted by atomic mass is 10.1. The highest BCUT2D eigenvalue weighted by Gasteiger charge is 2.24. The Balaban J connectivity index is 1.61. The number of rotatable bonds is 4. The summed E-state index contributed by atoms with van der Waals surface area (Å²) >= 11 is 0. The Labute approximate surface area is 175 Å². The van der Waals surface area contributed by atoms with E-state index in [2.05, 4.69) is 41.3 Å². The number of hydrogen-bond acceptors (Lipinski definition) is 7. The van der Waals surface area contributed by atoms with Crippen LogP contribution in [0.15, 0.2) is 24.4 Å². The van der Waals surface area contributed by atoms with Crippen LogP contribution < -0.4 is 10.2 Å². The summed E-state index contributed by atoms with van der Waals surface area (Å²) < 4.78 is 6.86. The smallest absolute Gasteiger partial charge is 0.409 e. The van der Waals surface area contributed by atoms with Crippen LogP contribution in [0.4, 0.5) is 22.2 Å². The second-order valence-corrected chi connectivity index (χ2v) is 7.47. The number of anilines is 3. The van der Waals surface area contributed by atoms with E-state index in [1.54, 1.807) is 15.8 Å². The number of benzene rings is 1. The normalized spacial score (nSPS) is 14.3. The molecule has 4 rings (SSSR count). The number of amides is 1. The number of carbonyl (C=O) groups is 1. The van der Waals surface area contributed by atoms with Crippen molar-refractivity contribution in [2.75, 3.05) is 43.0 Å². The fourth-order valence-electron chi connectivity index (χ4n) is 3.51. The quantitative estimate of drug-likeness (QED) is 0.709. The average Bonchev–Trinajstić information content (AvgIpc) is 3.12. The van der Waals surface area contributed by atoms with Crippen LogP contribution in [0, 0.1) is 13.8 Å². The first-order valence-corrected chi connectivity index (χ1v) is 10.2. The number of aromatic nitrogens is 4. The maximum Gasteiger partial charge on any atom is 0.409 e. The summed E-state index contributed by atoms with van der Waals surface area (Å²) in [6, 6.07) is 6.25. The van der Waals surface area contributed by atoms with E-state index in [0.29, 0.717) is 38.7 Å². The second kappa shape index (κ2) is 8.17. The molecule has 1 aliphatic rings. The van der Waals surface area contributed by atoms with Crippen molar-refractivity contribution in [2.24, 2.45) is 7.05 Å². The number of nitrogens with zero attached hydrogens (tertiary/aromatic N) is 6. The van der Waals surface area contributed by atoms with E-state index in [9.17, 15) is 4.79 Å². The van der Waals surface area contributed by atoms with Crippen molar-refractivity contribution in [1.29, 1.82) is 0 Å². The molecule has 1 aromatic carbocycles. The minimum Gasteiger partial charge on any atom is -0.450 e. The van der Waals surface area contributed by atoms with Crippen LogP contribution in [0.5, 0.6) is 0 Å². The molecular weight excluding hydrogens is 382 g/mol. The van der Waals surface area contributed by atoms with E-state index >= 15 is 0 Å². The summed E-state index contributed by atoms with van der Waals surface area (Å²) in [6.45, 7) is 8.82. The van der Waals surface area contributed by atoms with Gasteiger partial charge in [-0.25, -0.2) is 4.79 Å². The lowest BCUT2D eigenvalue weighted by Crippen LogP contribution is -2.49. The van der Waals surface area contributed by atoms with Gasteiger partial charge in [-0.15, -0.1) is 0 Å². The van der Waals surface area contributed by atoms with Gasteiger partial charge in [-0.05, 0) is 44.0 Å². The number of fused-ring (bicyclic) bond motifs is 1. The largest absolute Gasteiger partial charge is 0.450 e. The Kier molecular flexibility index (Phi) is 5.43. The average molecular weight is 409 g/mol. The summed E-state index contributed by atoms with van der Waals surface area (Å²) in [7, 11) is 1.87. The summed E-state index contributed by atoms with van der Waals surface area (Å²) in [5, 5.41) is 8.66. The summed E-state index contributed by atoms with van der Waals surface area (Å²) in [4.78, 5) is 25.3. The summed E-state index contributed by atoms with van der Waals surface area (Å²) in [5.74, 6) is 1.35. The zero-order valence-electron chi connectivity index (χ0n) is 17.8. The molecule has 0 spiro atoms. The van der Waals surface area contributed by atoms with Crippen LogP contribution in [0.1, 0.15) is 18.1 Å². The highest BCUT2D eigenvalue weighted by Crippen LogP contribution is 2.27. The molecule has 0 bridgehead atoms. The molecule has 0 saturated carbocycles. The van der Waals surface area contributed by atoms with Gasteiger partial charge in [0.25, 0.3) is 0 Å². The van der Waals surface area contributed by atoms with Crippen molar-refractivity contribution in [3.63, 3.8) is 0 Å². The van der Waals surface area contributed by atoms with Crippen LogP contribution in [-0.2, 0) is 11.8 Å². The highest BCUT2D eigenvalue weighted by molar-refractivity contribution is 5.89. The Morgan fingerprint density at radius 3 is 2.60 bits per heavy atom. The van der Waals surface area contributed by atoms with E-state index in [4.69, 9.17) is 14.7 Å². The first-order chi connectivity index (χ1) is 14.5. The van der Waals surface area contributed by atoms with Gasteiger partial charge >= 0.3 is 6.09 Å². The van der Waals surface area contributed by atoms with E-state index in [1.807, 2.05) is 20.0 Å². The molecule has 158 valence electrons. The van der Waals surface area contributed by atoms with E-state index < -0.39 is 0 Å². The van der Waals surface area contributed by atoms with Gasteiger partial charge in [-0.3, -0.25) is 4.68 Å². The molecule has 0 unspecified atom stereocenters. The maximum atomic E-state index is 12.0. The Morgan fingerprint density at radius 1 is 1.13 bits per heavy atom. The zero-order chi connectivity index (χ0) is 21.3. The van der Waals surface area contributed by atoms with Gasteiger partial charge in [0, 0.05) is 38.9 Å². The standard InChI is InChI=1S/C21H27N7O2/c1-5-30-21(29)28-10-8-27(9-11-28)20-24-18(17-13-22-26(4)19(17)25-20)23-16-7-6-14(2)15(3)12-16/h6-7,12-13H,5,8-11H2,1-4H3,(H,23,24,25). The van der Waals surface area contributed by atoms with Crippen molar-refractivity contribution in [3.05, 3.63) is 35.5 Å². The molecule has 3 heterocycles. The zero-order valence-corrected chi connectivity index (χ0v) is 17.8. The number of carbonyl (C=O) groups excluding carboxylic acids is 1. The van der Waals surface area contributed by atoms with E-state index in [1.165, 1.54) is 11.1 Å². The Morgan fingerprint density at radius 2 is 1.90 bits per heavy atom. The van der Waals surface area contributed by atoms with Crippen molar-refractivity contribution < 1.29 is 9.53 Å². The lowest BCUT2D eigenvalue weighted by Gasteiger charge is -2.34. The van der Waals surface area contributed by atoms with Gasteiger partial charge in [0.15, 0.2) is 5.65 Å². The van der Waals surface area contributed by atoms with Crippen LogP contribution in [0.3, 0.4) is 0 Å². The van der Waals surface area contributed by atoms with Crippen LogP contribution >= 0.6 is 0 Å². The topological polar surface area (TPSA) is 88.4 Å². The van der Waals surface area contributed by atoms with Crippen LogP contribution in [-0.4, -0.2) is 63.5 Å². The molecule has 1 aliphatic heterocycles. The van der Waals surface area contributed by atoms with Gasteiger partial charge in [0.1, 0.15) is 5.82 Å². The van der Waals surface area contributed by atoms with Crippen molar-refractivity contribution >= 4 is 34.6 Å². The molecule has 3 aromatic rings. The number of aryl methyl sites for hydroxylation is 3. The third-order valence-corrected chi connectivity index (χ3v) is 5.44. The minimum atomic E-state index is -0.266. The Hall–Kier alpha value is -3.36. The van der Waals surface area contributed by atoms with E-state index in [0.717, 1.165) is 22.5 Å². The molecule has 9 heteroatoms. The van der Waals surface area contributed by atoms with E-state index in [-0.39, 0.29) is 6.09 Å². The molecule has 0 aliphatic carbocycles.